The summed E-state index contributed by atoms with van der Waals surface area (Å²) < 4.78 is 5.56. The van der Waals surface area contributed by atoms with E-state index in [0.29, 0.717) is 36.2 Å². The number of allylic oxidation sites excluding steroid dienone is 2. The quantitative estimate of drug-likeness (QED) is 0.632. The number of hydrogen-bond donors (Lipinski definition) is 2. The van der Waals surface area contributed by atoms with Crippen LogP contribution in [0.2, 0.25) is 5.02 Å². The van der Waals surface area contributed by atoms with Crippen LogP contribution in [0.4, 0.5) is 10.5 Å². The monoisotopic (exact) mass is 489 g/mol. The fourth-order valence-electron chi connectivity index (χ4n) is 3.73. The van der Waals surface area contributed by atoms with Gasteiger partial charge in [-0.15, -0.1) is 10.2 Å². The summed E-state index contributed by atoms with van der Waals surface area (Å²) in [6.45, 7) is 2.00. The van der Waals surface area contributed by atoms with Crippen molar-refractivity contribution >= 4 is 46.3 Å². The summed E-state index contributed by atoms with van der Waals surface area (Å²) in [5, 5.41) is 15.7. The maximum absolute atomic E-state index is 13.0. The van der Waals surface area contributed by atoms with Crippen molar-refractivity contribution in [2.75, 3.05) is 32.1 Å². The number of urea groups is 1. The van der Waals surface area contributed by atoms with E-state index < -0.39 is 10.7 Å². The van der Waals surface area contributed by atoms with Crippen LogP contribution in [-0.4, -0.2) is 79.8 Å². The SMILES string of the molecule is CN1CCOC(C2=CC=NC3=CC(Cl)=N[N+]32NC(=O)Nc2cnc(-n3nccn3)c(Cl)c2)C1. The smallest absolute Gasteiger partial charge is 0.365 e. The summed E-state index contributed by atoms with van der Waals surface area (Å²) >= 11 is 12.5. The average Bonchev–Trinajstić information content (AvgIpc) is 3.40. The van der Waals surface area contributed by atoms with Gasteiger partial charge < -0.3 is 15.0 Å². The minimum atomic E-state index is -0.564. The number of fused-ring (bicyclic) bond motifs is 1. The number of pyridine rings is 1. The first-order valence-corrected chi connectivity index (χ1v) is 10.7. The molecule has 2 atom stereocenters. The van der Waals surface area contributed by atoms with Gasteiger partial charge in [0.15, 0.2) is 16.7 Å². The topological polar surface area (TPSA) is 122 Å². The Morgan fingerprint density at radius 2 is 2.12 bits per heavy atom. The number of amides is 2. The Morgan fingerprint density at radius 3 is 2.88 bits per heavy atom. The van der Waals surface area contributed by atoms with Crippen LogP contribution in [0, 0.1) is 0 Å². The predicted molar refractivity (Wildman–Crippen MR) is 122 cm³/mol. The molecule has 0 saturated carbocycles. The zero-order valence-electron chi connectivity index (χ0n) is 17.4. The largest absolute Gasteiger partial charge is 0.366 e. The van der Waals surface area contributed by atoms with Crippen molar-refractivity contribution in [1.82, 2.24) is 30.3 Å². The number of carbonyl (C=O) groups is 1. The molecule has 2 aromatic heterocycles. The van der Waals surface area contributed by atoms with Crippen LogP contribution in [0.15, 0.2) is 58.4 Å². The summed E-state index contributed by atoms with van der Waals surface area (Å²) in [4.78, 5) is 25.1. The standard InChI is InChI=1S/C19H18Cl2N10O2/c1-29-6-7-33-15(11-29)14-2-3-22-17-9-16(21)27-31(14,17)28-19(32)26-12-8-13(20)18(23-10-12)30-24-4-5-25-30/h2-5,8-10,15H,6-7,11H2,1H3,(H-,26,28,32)/p+1. The minimum absolute atomic E-state index is 0.209. The molecule has 1 saturated heterocycles. The minimum Gasteiger partial charge on any atom is -0.365 e. The molecule has 0 radical (unpaired) electrons. The number of nitrogens with zero attached hydrogens (tertiary/aromatic N) is 8. The summed E-state index contributed by atoms with van der Waals surface area (Å²) in [5.74, 6) is 0.783. The van der Waals surface area contributed by atoms with E-state index in [1.807, 2.05) is 7.05 Å². The molecule has 0 aliphatic carbocycles. The third kappa shape index (κ3) is 4.14. The van der Waals surface area contributed by atoms with Crippen LogP contribution in [0.25, 0.3) is 5.82 Å². The molecule has 2 N–H and O–H groups in total. The lowest BCUT2D eigenvalue weighted by Crippen LogP contribution is -2.59. The maximum atomic E-state index is 13.0. The molecular formula is C19H19Cl2N10O2+. The number of quaternary nitrogens is 1. The van der Waals surface area contributed by atoms with Gasteiger partial charge in [-0.25, -0.2) is 9.78 Å². The molecule has 1 fully saturated rings. The molecular weight excluding hydrogens is 471 g/mol. The maximum Gasteiger partial charge on any atom is 0.366 e. The molecule has 3 aliphatic rings. The Labute approximate surface area is 198 Å². The van der Waals surface area contributed by atoms with Crippen molar-refractivity contribution in [2.24, 2.45) is 10.1 Å². The molecule has 2 aromatic rings. The first kappa shape index (κ1) is 21.7. The van der Waals surface area contributed by atoms with Crippen LogP contribution < -0.4 is 10.7 Å². The normalized spacial score (nSPS) is 24.6. The highest BCUT2D eigenvalue weighted by Gasteiger charge is 2.51. The van der Waals surface area contributed by atoms with E-state index in [2.05, 4.69) is 40.9 Å². The van der Waals surface area contributed by atoms with E-state index in [0.717, 1.165) is 6.54 Å². The zero-order valence-corrected chi connectivity index (χ0v) is 18.9. The van der Waals surface area contributed by atoms with Crippen molar-refractivity contribution in [3.05, 3.63) is 53.3 Å². The van der Waals surface area contributed by atoms with Crippen LogP contribution in [-0.2, 0) is 4.74 Å². The first-order chi connectivity index (χ1) is 15.9. The van der Waals surface area contributed by atoms with E-state index in [1.54, 1.807) is 24.4 Å². The number of rotatable bonds is 4. The van der Waals surface area contributed by atoms with Gasteiger partial charge in [0.25, 0.3) is 5.82 Å². The Kier molecular flexibility index (Phi) is 5.68. The lowest BCUT2D eigenvalue weighted by Gasteiger charge is -2.37. The van der Waals surface area contributed by atoms with Gasteiger partial charge in [0, 0.05) is 25.4 Å². The Balaban J connectivity index is 1.39. The molecule has 2 unspecified atom stereocenters. The number of aliphatic imine (C=N–C) groups is 1. The molecule has 0 aromatic carbocycles. The predicted octanol–water partition coefficient (Wildman–Crippen LogP) is 1.88. The van der Waals surface area contributed by atoms with Crippen molar-refractivity contribution in [1.29, 1.82) is 0 Å². The third-order valence-corrected chi connectivity index (χ3v) is 5.66. The summed E-state index contributed by atoms with van der Waals surface area (Å²) in [6, 6.07) is 0.986. The number of likely N-dealkylation sites (N-methyl/N-ethyl adjacent to an activating group) is 1. The molecule has 12 nitrogen and oxygen atoms in total. The van der Waals surface area contributed by atoms with E-state index in [-0.39, 0.29) is 16.3 Å². The van der Waals surface area contributed by atoms with E-state index >= 15 is 0 Å². The number of hydrogen-bond acceptors (Lipinski definition) is 8. The second-order valence-corrected chi connectivity index (χ2v) is 8.26. The molecule has 2 amide bonds. The molecule has 3 aliphatic heterocycles. The van der Waals surface area contributed by atoms with Crippen molar-refractivity contribution in [3.63, 3.8) is 0 Å². The van der Waals surface area contributed by atoms with Crippen LogP contribution in [0.1, 0.15) is 0 Å². The fraction of sp³-hybridized carbons (Fsp3) is 0.263. The van der Waals surface area contributed by atoms with Gasteiger partial charge in [-0.05, 0) is 22.9 Å². The van der Waals surface area contributed by atoms with Crippen molar-refractivity contribution in [3.8, 4) is 5.82 Å². The summed E-state index contributed by atoms with van der Waals surface area (Å²) in [7, 11) is 2.01. The fourth-order valence-corrected chi connectivity index (χ4v) is 4.18. The second-order valence-electron chi connectivity index (χ2n) is 7.47. The lowest BCUT2D eigenvalue weighted by molar-refractivity contribution is -0.898. The number of morpholine rings is 1. The molecule has 0 bridgehead atoms. The molecule has 5 rings (SSSR count). The van der Waals surface area contributed by atoms with Gasteiger partial charge >= 0.3 is 6.03 Å². The zero-order chi connectivity index (χ0) is 23.0. The summed E-state index contributed by atoms with van der Waals surface area (Å²) in [5.41, 5.74) is 3.91. The number of nitrogens with one attached hydrogen (secondary N) is 2. The molecule has 14 heteroatoms. The van der Waals surface area contributed by atoms with Crippen molar-refractivity contribution in [2.45, 2.75) is 6.10 Å². The Morgan fingerprint density at radius 1 is 1.30 bits per heavy atom. The van der Waals surface area contributed by atoms with Gasteiger partial charge in [0.1, 0.15) is 6.10 Å². The van der Waals surface area contributed by atoms with Gasteiger partial charge in [-0.2, -0.15) is 15.2 Å². The number of halogens is 2. The van der Waals surface area contributed by atoms with Crippen LogP contribution in [0.3, 0.4) is 0 Å². The molecule has 170 valence electrons. The Hall–Kier alpha value is -3.16. The third-order valence-electron chi connectivity index (χ3n) is 5.20. The highest BCUT2D eigenvalue weighted by atomic mass is 35.5. The van der Waals surface area contributed by atoms with Crippen LogP contribution in [0.5, 0.6) is 0 Å². The van der Waals surface area contributed by atoms with E-state index in [1.165, 1.54) is 23.4 Å². The van der Waals surface area contributed by atoms with Gasteiger partial charge in [-0.1, -0.05) is 23.2 Å². The van der Waals surface area contributed by atoms with Gasteiger partial charge in [-0.3, -0.25) is 0 Å². The van der Waals surface area contributed by atoms with E-state index in [4.69, 9.17) is 27.9 Å². The highest BCUT2D eigenvalue weighted by Crippen LogP contribution is 2.36. The first-order valence-electron chi connectivity index (χ1n) is 9.98. The molecule has 0 spiro atoms. The Bertz CT molecular complexity index is 1210. The molecule has 33 heavy (non-hydrogen) atoms. The van der Waals surface area contributed by atoms with Gasteiger partial charge in [0.05, 0.1) is 42.0 Å². The number of anilines is 1. The number of aromatic nitrogens is 4. The van der Waals surface area contributed by atoms with E-state index in [9.17, 15) is 4.79 Å². The number of ether oxygens (including phenoxy) is 1. The average molecular weight is 490 g/mol. The summed E-state index contributed by atoms with van der Waals surface area (Å²) in [6.07, 6.45) is 9.18. The number of carbonyl (C=O) groups excluding carboxylic acids is 1. The van der Waals surface area contributed by atoms with Crippen LogP contribution >= 0.6 is 23.2 Å². The highest BCUT2D eigenvalue weighted by molar-refractivity contribution is 6.68. The second kappa shape index (κ2) is 8.65. The lowest BCUT2D eigenvalue weighted by atomic mass is 10.1. The molecule has 5 heterocycles. The van der Waals surface area contributed by atoms with Crippen molar-refractivity contribution < 1.29 is 14.2 Å². The van der Waals surface area contributed by atoms with Gasteiger partial charge in [0.2, 0.25) is 0 Å².